The molecular weight excluding hydrogens is 278 g/mol. The Morgan fingerprint density at radius 2 is 1.90 bits per heavy atom. The minimum Gasteiger partial charge on any atom is -0.391 e. The Hall–Kier alpha value is -1.40. The van der Waals surface area contributed by atoms with E-state index < -0.39 is 27.4 Å². The second kappa shape index (κ2) is 5.93. The number of benzene rings is 1. The van der Waals surface area contributed by atoms with E-state index in [1.54, 1.807) is 32.9 Å². The molecule has 0 radical (unpaired) electrons. The van der Waals surface area contributed by atoms with Crippen molar-refractivity contribution >= 4 is 15.7 Å². The normalized spacial score (nSPS) is 13.8. The Labute approximate surface area is 119 Å². The molecule has 1 aromatic carbocycles. The number of sulfone groups is 1. The van der Waals surface area contributed by atoms with Crippen molar-refractivity contribution in [3.05, 3.63) is 29.8 Å². The van der Waals surface area contributed by atoms with Gasteiger partial charge in [0.15, 0.2) is 9.84 Å². The molecule has 0 saturated carbocycles. The Balaban J connectivity index is 3.19. The number of carbonyl (C=O) groups is 1. The molecule has 0 aliphatic rings. The number of aliphatic hydroxyl groups is 1. The molecule has 1 aromatic rings. The number of amides is 1. The standard InChI is InChI=1S/C14H21NO4S/c1-5-20(18,19)12-9-7-6-8-11(12)13(17)15-14(3,4)10(2)16/h6-10,16H,5H2,1-4H3,(H,15,17). The third kappa shape index (κ3) is 3.58. The van der Waals surface area contributed by atoms with Crippen LogP contribution in [0.2, 0.25) is 0 Å². The van der Waals surface area contributed by atoms with Gasteiger partial charge in [-0.2, -0.15) is 0 Å². The first-order valence-electron chi connectivity index (χ1n) is 6.44. The molecule has 0 aliphatic carbocycles. The van der Waals surface area contributed by atoms with Gasteiger partial charge in [0.25, 0.3) is 5.91 Å². The summed E-state index contributed by atoms with van der Waals surface area (Å²) in [5.41, 5.74) is -0.747. The molecule has 2 N–H and O–H groups in total. The molecule has 1 atom stereocenters. The quantitative estimate of drug-likeness (QED) is 0.860. The summed E-state index contributed by atoms with van der Waals surface area (Å²) in [4.78, 5) is 12.3. The number of hydrogen-bond acceptors (Lipinski definition) is 4. The van der Waals surface area contributed by atoms with Crippen molar-refractivity contribution in [1.82, 2.24) is 5.32 Å². The van der Waals surface area contributed by atoms with Crippen LogP contribution in [0.4, 0.5) is 0 Å². The first-order valence-corrected chi connectivity index (χ1v) is 8.09. The van der Waals surface area contributed by atoms with Crippen LogP contribution < -0.4 is 5.32 Å². The number of rotatable bonds is 5. The highest BCUT2D eigenvalue weighted by atomic mass is 32.2. The van der Waals surface area contributed by atoms with Crippen molar-refractivity contribution in [2.24, 2.45) is 0 Å². The number of carbonyl (C=O) groups excluding carboxylic acids is 1. The van der Waals surface area contributed by atoms with Crippen LogP contribution in [0, 0.1) is 0 Å². The Morgan fingerprint density at radius 1 is 1.35 bits per heavy atom. The average molecular weight is 299 g/mol. The maximum atomic E-state index is 12.3. The van der Waals surface area contributed by atoms with Crippen LogP contribution in [0.25, 0.3) is 0 Å². The maximum absolute atomic E-state index is 12.3. The largest absolute Gasteiger partial charge is 0.391 e. The van der Waals surface area contributed by atoms with Crippen LogP contribution in [-0.4, -0.2) is 36.8 Å². The summed E-state index contributed by atoms with van der Waals surface area (Å²) in [6.45, 7) is 6.44. The summed E-state index contributed by atoms with van der Waals surface area (Å²) in [7, 11) is -3.47. The predicted octanol–water partition coefficient (Wildman–Crippen LogP) is 1.37. The van der Waals surface area contributed by atoms with Gasteiger partial charge in [-0.15, -0.1) is 0 Å². The monoisotopic (exact) mass is 299 g/mol. The van der Waals surface area contributed by atoms with E-state index in [1.165, 1.54) is 19.1 Å². The van der Waals surface area contributed by atoms with Gasteiger partial charge in [-0.1, -0.05) is 19.1 Å². The van der Waals surface area contributed by atoms with Gasteiger partial charge < -0.3 is 10.4 Å². The number of nitrogens with one attached hydrogen (secondary N) is 1. The first kappa shape index (κ1) is 16.7. The van der Waals surface area contributed by atoms with Crippen molar-refractivity contribution in [2.75, 3.05) is 5.75 Å². The van der Waals surface area contributed by atoms with Gasteiger partial charge in [0.2, 0.25) is 0 Å². The van der Waals surface area contributed by atoms with Crippen molar-refractivity contribution in [1.29, 1.82) is 0 Å². The Kier molecular flexibility index (Phi) is 4.94. The van der Waals surface area contributed by atoms with Crippen LogP contribution in [0.1, 0.15) is 38.1 Å². The lowest BCUT2D eigenvalue weighted by atomic mass is 9.98. The lowest BCUT2D eigenvalue weighted by Crippen LogP contribution is -2.51. The van der Waals surface area contributed by atoms with Crippen LogP contribution in [0.15, 0.2) is 29.2 Å². The van der Waals surface area contributed by atoms with Gasteiger partial charge >= 0.3 is 0 Å². The van der Waals surface area contributed by atoms with E-state index in [0.29, 0.717) is 0 Å². The molecule has 0 fully saturated rings. The van der Waals surface area contributed by atoms with Gasteiger partial charge in [-0.05, 0) is 32.9 Å². The summed E-state index contributed by atoms with van der Waals surface area (Å²) >= 11 is 0. The molecule has 1 rings (SSSR count). The molecule has 0 spiro atoms. The van der Waals surface area contributed by atoms with E-state index in [2.05, 4.69) is 5.32 Å². The molecular formula is C14H21NO4S. The number of hydrogen-bond donors (Lipinski definition) is 2. The fourth-order valence-electron chi connectivity index (χ4n) is 1.55. The molecule has 0 saturated heterocycles. The van der Waals surface area contributed by atoms with Crippen molar-refractivity contribution in [3.63, 3.8) is 0 Å². The average Bonchev–Trinajstić information content (AvgIpc) is 2.38. The van der Waals surface area contributed by atoms with Gasteiger partial charge in [-0.25, -0.2) is 8.42 Å². The summed E-state index contributed by atoms with van der Waals surface area (Å²) in [5, 5.41) is 12.3. The summed E-state index contributed by atoms with van der Waals surface area (Å²) in [5.74, 6) is -0.583. The molecule has 20 heavy (non-hydrogen) atoms. The first-order chi connectivity index (χ1) is 9.12. The van der Waals surface area contributed by atoms with Crippen LogP contribution in [0.5, 0.6) is 0 Å². The van der Waals surface area contributed by atoms with Gasteiger partial charge in [0, 0.05) is 0 Å². The minimum atomic E-state index is -3.47. The molecule has 0 aromatic heterocycles. The van der Waals surface area contributed by atoms with Gasteiger partial charge in [0.05, 0.1) is 27.9 Å². The molecule has 0 bridgehead atoms. The fraction of sp³-hybridized carbons (Fsp3) is 0.500. The van der Waals surface area contributed by atoms with E-state index in [4.69, 9.17) is 0 Å². The molecule has 1 unspecified atom stereocenters. The highest BCUT2D eigenvalue weighted by Gasteiger charge is 2.28. The van der Waals surface area contributed by atoms with Gasteiger partial charge in [0.1, 0.15) is 0 Å². The highest BCUT2D eigenvalue weighted by Crippen LogP contribution is 2.18. The lowest BCUT2D eigenvalue weighted by molar-refractivity contribution is 0.0707. The number of aliphatic hydroxyl groups excluding tert-OH is 1. The zero-order valence-electron chi connectivity index (χ0n) is 12.2. The zero-order valence-corrected chi connectivity index (χ0v) is 13.0. The SMILES string of the molecule is CCS(=O)(=O)c1ccccc1C(=O)NC(C)(C)C(C)O. The van der Waals surface area contributed by atoms with Crippen molar-refractivity contribution < 1.29 is 18.3 Å². The topological polar surface area (TPSA) is 83.5 Å². The molecule has 6 heteroatoms. The molecule has 0 aliphatic heterocycles. The van der Waals surface area contributed by atoms with E-state index in [1.807, 2.05) is 0 Å². The molecule has 0 heterocycles. The smallest absolute Gasteiger partial charge is 0.253 e. The highest BCUT2D eigenvalue weighted by molar-refractivity contribution is 7.91. The van der Waals surface area contributed by atoms with Crippen LogP contribution in [0.3, 0.4) is 0 Å². The zero-order chi connectivity index (χ0) is 15.6. The third-order valence-electron chi connectivity index (χ3n) is 3.33. The molecule has 112 valence electrons. The fourth-order valence-corrected chi connectivity index (χ4v) is 2.64. The summed E-state index contributed by atoms with van der Waals surface area (Å²) in [6, 6.07) is 6.08. The molecule has 5 nitrogen and oxygen atoms in total. The third-order valence-corrected chi connectivity index (χ3v) is 5.11. The summed E-state index contributed by atoms with van der Waals surface area (Å²) < 4.78 is 24.0. The second-order valence-electron chi connectivity index (χ2n) is 5.25. The summed E-state index contributed by atoms with van der Waals surface area (Å²) in [6.07, 6.45) is -0.763. The van der Waals surface area contributed by atoms with E-state index in [0.717, 1.165) is 0 Å². The predicted molar refractivity (Wildman–Crippen MR) is 77.4 cm³/mol. The minimum absolute atomic E-state index is 0.0152. The van der Waals surface area contributed by atoms with E-state index in [-0.39, 0.29) is 16.2 Å². The Morgan fingerprint density at radius 3 is 2.40 bits per heavy atom. The van der Waals surface area contributed by atoms with Crippen LogP contribution in [-0.2, 0) is 9.84 Å². The second-order valence-corrected chi connectivity index (χ2v) is 7.50. The lowest BCUT2D eigenvalue weighted by Gasteiger charge is -2.29. The van der Waals surface area contributed by atoms with E-state index in [9.17, 15) is 18.3 Å². The van der Waals surface area contributed by atoms with E-state index >= 15 is 0 Å². The van der Waals surface area contributed by atoms with Crippen molar-refractivity contribution in [2.45, 2.75) is 44.2 Å². The van der Waals surface area contributed by atoms with Crippen molar-refractivity contribution in [3.8, 4) is 0 Å². The van der Waals surface area contributed by atoms with Crippen LogP contribution >= 0.6 is 0 Å². The Bertz CT molecular complexity index is 591. The van der Waals surface area contributed by atoms with Gasteiger partial charge in [-0.3, -0.25) is 4.79 Å². The maximum Gasteiger partial charge on any atom is 0.253 e. The molecule has 1 amide bonds.